The van der Waals surface area contributed by atoms with Crippen LogP contribution < -0.4 is 0 Å². The Morgan fingerprint density at radius 3 is 2.78 bits per heavy atom. The number of hydrogen-bond acceptors (Lipinski definition) is 3. The van der Waals surface area contributed by atoms with E-state index in [9.17, 15) is 4.79 Å². The molecular weight excluding hydrogens is 136 g/mol. The molecule has 0 atom stereocenters. The highest BCUT2D eigenvalue weighted by molar-refractivity contribution is 7.80. The van der Waals surface area contributed by atoms with E-state index >= 15 is 0 Å². The first kappa shape index (κ1) is 6.61. The Labute approximate surface area is 59.1 Å². The highest BCUT2D eigenvalue weighted by atomic mass is 32.1. The van der Waals surface area contributed by atoms with Crippen molar-refractivity contribution in [1.29, 1.82) is 0 Å². The Hall–Kier alpha value is -0.510. The van der Waals surface area contributed by atoms with Gasteiger partial charge in [-0.25, -0.2) is 5.01 Å². The van der Waals surface area contributed by atoms with Crippen molar-refractivity contribution in [2.75, 3.05) is 5.88 Å². The normalized spacial score (nSPS) is 18.7. The van der Waals surface area contributed by atoms with Crippen LogP contribution in [0.2, 0.25) is 0 Å². The maximum absolute atomic E-state index is 10.8. The summed E-state index contributed by atoms with van der Waals surface area (Å²) >= 11 is 3.91. The first-order valence-corrected chi connectivity index (χ1v) is 3.32. The van der Waals surface area contributed by atoms with Crippen molar-refractivity contribution in [3.8, 4) is 0 Å². The molecule has 0 bridgehead atoms. The largest absolute Gasteiger partial charge is 0.272 e. The van der Waals surface area contributed by atoms with Crippen molar-refractivity contribution in [2.45, 2.75) is 13.3 Å². The monoisotopic (exact) mass is 144 g/mol. The van der Waals surface area contributed by atoms with E-state index in [1.807, 2.05) is 6.92 Å². The summed E-state index contributed by atoms with van der Waals surface area (Å²) in [5.41, 5.74) is 0.869. The number of hydrogen-bond donors (Lipinski definition) is 1. The number of carbonyl (C=O) groups is 1. The molecule has 4 heteroatoms. The van der Waals surface area contributed by atoms with E-state index in [0.29, 0.717) is 12.3 Å². The predicted octanol–water partition coefficient (Wildman–Crippen LogP) is 0.482. The maximum Gasteiger partial charge on any atom is 0.249 e. The van der Waals surface area contributed by atoms with Gasteiger partial charge in [0.15, 0.2) is 0 Å². The molecule has 1 heterocycles. The summed E-state index contributed by atoms with van der Waals surface area (Å²) in [6.45, 7) is 1.83. The summed E-state index contributed by atoms with van der Waals surface area (Å²) in [6.07, 6.45) is 0.459. The van der Waals surface area contributed by atoms with Gasteiger partial charge in [-0.2, -0.15) is 17.7 Å². The van der Waals surface area contributed by atoms with E-state index in [-0.39, 0.29) is 5.91 Å². The van der Waals surface area contributed by atoms with Gasteiger partial charge in [-0.05, 0) is 6.92 Å². The van der Waals surface area contributed by atoms with Gasteiger partial charge in [-0.15, -0.1) is 0 Å². The topological polar surface area (TPSA) is 32.7 Å². The van der Waals surface area contributed by atoms with E-state index in [4.69, 9.17) is 0 Å². The number of rotatable bonds is 1. The fourth-order valence-corrected chi connectivity index (χ4v) is 0.939. The minimum atomic E-state index is 0.0440. The molecule has 0 aliphatic carbocycles. The number of thiol groups is 1. The standard InChI is InChI=1S/C5H8N2OS/c1-4-2-5(8)7(3-9)6-4/h9H,2-3H2,1H3. The van der Waals surface area contributed by atoms with Gasteiger partial charge in [0, 0.05) is 5.71 Å². The SMILES string of the molecule is CC1=NN(CS)C(=O)C1. The number of nitrogens with zero attached hydrogens (tertiary/aromatic N) is 2. The number of amides is 1. The third-order valence-corrected chi connectivity index (χ3v) is 1.39. The van der Waals surface area contributed by atoms with Crippen molar-refractivity contribution in [2.24, 2.45) is 5.10 Å². The second-order valence-corrected chi connectivity index (χ2v) is 2.23. The molecule has 1 rings (SSSR count). The molecule has 0 saturated heterocycles. The average Bonchev–Trinajstić information content (AvgIpc) is 2.10. The van der Waals surface area contributed by atoms with Crippen molar-refractivity contribution < 1.29 is 4.79 Å². The minimum absolute atomic E-state index is 0.0440. The van der Waals surface area contributed by atoms with Crippen LogP contribution in [-0.4, -0.2) is 22.5 Å². The minimum Gasteiger partial charge on any atom is -0.272 e. The van der Waals surface area contributed by atoms with Gasteiger partial charge in [-0.1, -0.05) is 0 Å². The van der Waals surface area contributed by atoms with Crippen LogP contribution in [0.3, 0.4) is 0 Å². The van der Waals surface area contributed by atoms with Crippen LogP contribution >= 0.6 is 12.6 Å². The van der Waals surface area contributed by atoms with Crippen LogP contribution in [-0.2, 0) is 4.79 Å². The van der Waals surface area contributed by atoms with Crippen LogP contribution in [0.15, 0.2) is 5.10 Å². The summed E-state index contributed by atoms with van der Waals surface area (Å²) in [5.74, 6) is 0.429. The van der Waals surface area contributed by atoms with Crippen molar-refractivity contribution in [3.63, 3.8) is 0 Å². The Balaban J connectivity index is 2.64. The molecule has 50 valence electrons. The highest BCUT2D eigenvalue weighted by Crippen LogP contribution is 2.07. The molecule has 9 heavy (non-hydrogen) atoms. The Bertz CT molecular complexity index is 166. The maximum atomic E-state index is 10.8. The lowest BCUT2D eigenvalue weighted by molar-refractivity contribution is -0.127. The van der Waals surface area contributed by atoms with Crippen LogP contribution in [0, 0.1) is 0 Å². The highest BCUT2D eigenvalue weighted by Gasteiger charge is 2.18. The molecule has 1 aliphatic rings. The Morgan fingerprint density at radius 2 is 2.56 bits per heavy atom. The zero-order valence-corrected chi connectivity index (χ0v) is 6.06. The quantitative estimate of drug-likeness (QED) is 0.533. The van der Waals surface area contributed by atoms with E-state index in [0.717, 1.165) is 5.71 Å². The van der Waals surface area contributed by atoms with Gasteiger partial charge < -0.3 is 0 Å². The molecule has 3 nitrogen and oxygen atoms in total. The van der Waals surface area contributed by atoms with Gasteiger partial charge >= 0.3 is 0 Å². The summed E-state index contributed by atoms with van der Waals surface area (Å²) in [6, 6.07) is 0. The Morgan fingerprint density at radius 1 is 1.89 bits per heavy atom. The van der Waals surface area contributed by atoms with Crippen molar-refractivity contribution in [3.05, 3.63) is 0 Å². The summed E-state index contributed by atoms with van der Waals surface area (Å²) in [5, 5.41) is 5.27. The van der Waals surface area contributed by atoms with Gasteiger partial charge in [0.05, 0.1) is 12.3 Å². The first-order valence-electron chi connectivity index (χ1n) is 2.69. The van der Waals surface area contributed by atoms with E-state index in [1.54, 1.807) is 0 Å². The smallest absolute Gasteiger partial charge is 0.249 e. The second kappa shape index (κ2) is 2.39. The molecule has 1 aliphatic heterocycles. The number of hydrazone groups is 1. The van der Waals surface area contributed by atoms with Crippen LogP contribution in [0.4, 0.5) is 0 Å². The van der Waals surface area contributed by atoms with Crippen molar-refractivity contribution in [1.82, 2.24) is 5.01 Å². The lowest BCUT2D eigenvalue weighted by atomic mass is 10.3. The molecule has 0 aromatic heterocycles. The third kappa shape index (κ3) is 1.24. The molecule has 0 radical (unpaired) electrons. The predicted molar refractivity (Wildman–Crippen MR) is 38.4 cm³/mol. The van der Waals surface area contributed by atoms with Gasteiger partial charge in [-0.3, -0.25) is 4.79 Å². The van der Waals surface area contributed by atoms with E-state index in [1.165, 1.54) is 5.01 Å². The first-order chi connectivity index (χ1) is 4.24. The van der Waals surface area contributed by atoms with E-state index < -0.39 is 0 Å². The summed E-state index contributed by atoms with van der Waals surface area (Å²) < 4.78 is 0. The zero-order valence-electron chi connectivity index (χ0n) is 5.16. The molecular formula is C5H8N2OS. The molecule has 1 amide bonds. The van der Waals surface area contributed by atoms with Crippen molar-refractivity contribution >= 4 is 24.2 Å². The summed E-state index contributed by atoms with van der Waals surface area (Å²) in [7, 11) is 0. The average molecular weight is 144 g/mol. The van der Waals surface area contributed by atoms with Crippen LogP contribution in [0.25, 0.3) is 0 Å². The van der Waals surface area contributed by atoms with Gasteiger partial charge in [0.25, 0.3) is 0 Å². The Kier molecular flexibility index (Phi) is 1.75. The third-order valence-electron chi connectivity index (χ3n) is 1.12. The lowest BCUT2D eigenvalue weighted by Gasteiger charge is -2.04. The zero-order chi connectivity index (χ0) is 6.85. The second-order valence-electron chi connectivity index (χ2n) is 1.95. The lowest BCUT2D eigenvalue weighted by Crippen LogP contribution is -2.18. The molecule has 0 aromatic rings. The number of carbonyl (C=O) groups excluding carboxylic acids is 1. The van der Waals surface area contributed by atoms with Gasteiger partial charge in [0.1, 0.15) is 0 Å². The molecule has 0 unspecified atom stereocenters. The fraction of sp³-hybridized carbons (Fsp3) is 0.600. The molecule has 0 fully saturated rings. The fourth-order valence-electron chi connectivity index (χ4n) is 0.718. The van der Waals surface area contributed by atoms with Crippen LogP contribution in [0.5, 0.6) is 0 Å². The van der Waals surface area contributed by atoms with Crippen LogP contribution in [0.1, 0.15) is 13.3 Å². The summed E-state index contributed by atoms with van der Waals surface area (Å²) in [4.78, 5) is 10.8. The molecule has 0 aromatic carbocycles. The molecule has 0 spiro atoms. The van der Waals surface area contributed by atoms with Gasteiger partial charge in [0.2, 0.25) is 5.91 Å². The molecule has 0 N–H and O–H groups in total. The molecule has 0 saturated carbocycles. The van der Waals surface area contributed by atoms with E-state index in [2.05, 4.69) is 17.7 Å².